The van der Waals surface area contributed by atoms with E-state index in [-0.39, 0.29) is 11.7 Å². The van der Waals surface area contributed by atoms with Gasteiger partial charge in [0.15, 0.2) is 5.76 Å². The molecule has 0 radical (unpaired) electrons. The molecule has 0 fully saturated rings. The summed E-state index contributed by atoms with van der Waals surface area (Å²) in [6.07, 6.45) is 5.05. The summed E-state index contributed by atoms with van der Waals surface area (Å²) in [4.78, 5) is 20.6. The van der Waals surface area contributed by atoms with E-state index in [1.165, 1.54) is 0 Å². The molecular weight excluding hydrogens is 302 g/mol. The lowest BCUT2D eigenvalue weighted by Crippen LogP contribution is -2.10. The van der Waals surface area contributed by atoms with E-state index < -0.39 is 0 Å². The number of benzene rings is 1. The van der Waals surface area contributed by atoms with Crippen molar-refractivity contribution < 1.29 is 9.21 Å². The number of nitrogens with one attached hydrogen (secondary N) is 1. The lowest BCUT2D eigenvalue weighted by molar-refractivity contribution is 0.0998. The standard InChI is InChI=1S/C19H13N3O2/c23-19(18-11-14-3-1-2-4-17(14)24-18)22-15-5-6-16(21-12-15)13-7-9-20-10-8-13/h1-12H,(H,22,23). The number of rotatable bonds is 3. The van der Waals surface area contributed by atoms with Gasteiger partial charge in [0.05, 0.1) is 17.6 Å². The molecular formula is C19H13N3O2. The predicted molar refractivity (Wildman–Crippen MR) is 91.6 cm³/mol. The van der Waals surface area contributed by atoms with Crippen LogP contribution in [0.5, 0.6) is 0 Å². The first kappa shape index (κ1) is 14.1. The number of carbonyl (C=O) groups excluding carboxylic acids is 1. The smallest absolute Gasteiger partial charge is 0.291 e. The summed E-state index contributed by atoms with van der Waals surface area (Å²) >= 11 is 0. The minimum atomic E-state index is -0.301. The zero-order valence-electron chi connectivity index (χ0n) is 12.6. The SMILES string of the molecule is O=C(Nc1ccc(-c2ccncc2)nc1)c1cc2ccccc2o1. The van der Waals surface area contributed by atoms with Crippen LogP contribution in [-0.2, 0) is 0 Å². The number of fused-ring (bicyclic) bond motifs is 1. The fourth-order valence-corrected chi connectivity index (χ4v) is 2.45. The number of carbonyl (C=O) groups is 1. The molecule has 1 amide bonds. The molecule has 0 bridgehead atoms. The third-order valence-corrected chi connectivity index (χ3v) is 3.65. The van der Waals surface area contributed by atoms with Gasteiger partial charge in [-0.1, -0.05) is 18.2 Å². The first-order valence-electron chi connectivity index (χ1n) is 7.46. The summed E-state index contributed by atoms with van der Waals surface area (Å²) in [6.45, 7) is 0. The molecule has 0 aliphatic carbocycles. The van der Waals surface area contributed by atoms with Crippen LogP contribution in [0.3, 0.4) is 0 Å². The molecule has 0 unspecified atom stereocenters. The Hall–Kier alpha value is -3.47. The molecule has 0 atom stereocenters. The van der Waals surface area contributed by atoms with Crippen LogP contribution < -0.4 is 5.32 Å². The van der Waals surface area contributed by atoms with E-state index in [1.54, 1.807) is 24.7 Å². The highest BCUT2D eigenvalue weighted by Gasteiger charge is 2.12. The molecule has 3 aromatic heterocycles. The van der Waals surface area contributed by atoms with Gasteiger partial charge in [-0.3, -0.25) is 14.8 Å². The van der Waals surface area contributed by atoms with E-state index in [1.807, 2.05) is 48.5 Å². The topological polar surface area (TPSA) is 68.0 Å². The second-order valence-corrected chi connectivity index (χ2v) is 5.27. The van der Waals surface area contributed by atoms with Gasteiger partial charge < -0.3 is 9.73 Å². The number of para-hydroxylation sites is 1. The van der Waals surface area contributed by atoms with E-state index >= 15 is 0 Å². The molecule has 1 N–H and O–H groups in total. The van der Waals surface area contributed by atoms with Crippen LogP contribution in [0, 0.1) is 0 Å². The average Bonchev–Trinajstić information content (AvgIpc) is 3.07. The largest absolute Gasteiger partial charge is 0.451 e. The minimum Gasteiger partial charge on any atom is -0.451 e. The normalized spacial score (nSPS) is 10.7. The van der Waals surface area contributed by atoms with Crippen LogP contribution in [0.15, 0.2) is 77.6 Å². The fraction of sp³-hybridized carbons (Fsp3) is 0. The van der Waals surface area contributed by atoms with Gasteiger partial charge in [0.25, 0.3) is 5.91 Å². The highest BCUT2D eigenvalue weighted by Crippen LogP contribution is 2.21. The number of pyridine rings is 2. The molecule has 116 valence electrons. The van der Waals surface area contributed by atoms with Crippen molar-refractivity contribution in [3.8, 4) is 11.3 Å². The molecule has 0 spiro atoms. The first-order valence-corrected chi connectivity index (χ1v) is 7.46. The summed E-state index contributed by atoms with van der Waals surface area (Å²) < 4.78 is 5.56. The third kappa shape index (κ3) is 2.75. The zero-order chi connectivity index (χ0) is 16.4. The van der Waals surface area contributed by atoms with Gasteiger partial charge in [0.1, 0.15) is 5.58 Å². The highest BCUT2D eigenvalue weighted by atomic mass is 16.3. The molecule has 5 heteroatoms. The number of aromatic nitrogens is 2. The summed E-state index contributed by atoms with van der Waals surface area (Å²) in [5.74, 6) is -0.0286. The van der Waals surface area contributed by atoms with Crippen LogP contribution in [0.2, 0.25) is 0 Å². The molecule has 24 heavy (non-hydrogen) atoms. The number of hydrogen-bond acceptors (Lipinski definition) is 4. The van der Waals surface area contributed by atoms with Crippen LogP contribution in [0.25, 0.3) is 22.2 Å². The van der Waals surface area contributed by atoms with Crippen molar-refractivity contribution in [3.05, 3.63) is 78.9 Å². The Bertz CT molecular complexity index is 959. The maximum atomic E-state index is 12.3. The van der Waals surface area contributed by atoms with E-state index in [9.17, 15) is 4.79 Å². The Labute approximate surface area is 138 Å². The van der Waals surface area contributed by atoms with Gasteiger partial charge in [0.2, 0.25) is 0 Å². The first-order chi connectivity index (χ1) is 11.8. The van der Waals surface area contributed by atoms with E-state index in [2.05, 4.69) is 15.3 Å². The highest BCUT2D eigenvalue weighted by molar-refractivity contribution is 6.04. The van der Waals surface area contributed by atoms with Gasteiger partial charge in [-0.2, -0.15) is 0 Å². The maximum Gasteiger partial charge on any atom is 0.291 e. The summed E-state index contributed by atoms with van der Waals surface area (Å²) in [7, 11) is 0. The fourth-order valence-electron chi connectivity index (χ4n) is 2.45. The Morgan fingerprint density at radius 1 is 1.00 bits per heavy atom. The summed E-state index contributed by atoms with van der Waals surface area (Å²) in [5, 5.41) is 3.69. The number of nitrogens with zero attached hydrogens (tertiary/aromatic N) is 2. The Morgan fingerprint density at radius 2 is 1.83 bits per heavy atom. The lowest BCUT2D eigenvalue weighted by atomic mass is 10.2. The molecule has 0 aliphatic heterocycles. The molecule has 0 saturated carbocycles. The zero-order valence-corrected chi connectivity index (χ0v) is 12.6. The van der Waals surface area contributed by atoms with Crippen molar-refractivity contribution >= 4 is 22.6 Å². The molecule has 5 nitrogen and oxygen atoms in total. The van der Waals surface area contributed by atoms with Crippen molar-refractivity contribution in [1.82, 2.24) is 9.97 Å². The molecule has 1 aromatic carbocycles. The lowest BCUT2D eigenvalue weighted by Gasteiger charge is -2.04. The number of anilines is 1. The van der Waals surface area contributed by atoms with Crippen LogP contribution in [-0.4, -0.2) is 15.9 Å². The van der Waals surface area contributed by atoms with Crippen LogP contribution >= 0.6 is 0 Å². The van der Waals surface area contributed by atoms with Crippen molar-refractivity contribution in [2.75, 3.05) is 5.32 Å². The van der Waals surface area contributed by atoms with Gasteiger partial charge in [-0.15, -0.1) is 0 Å². The predicted octanol–water partition coefficient (Wildman–Crippen LogP) is 4.14. The second kappa shape index (κ2) is 5.96. The Kier molecular flexibility index (Phi) is 3.51. The van der Waals surface area contributed by atoms with Gasteiger partial charge >= 0.3 is 0 Å². The number of amides is 1. The van der Waals surface area contributed by atoms with Crippen molar-refractivity contribution in [2.24, 2.45) is 0 Å². The monoisotopic (exact) mass is 315 g/mol. The van der Waals surface area contributed by atoms with E-state index in [0.29, 0.717) is 11.3 Å². The molecule has 4 aromatic rings. The van der Waals surface area contributed by atoms with E-state index in [4.69, 9.17) is 4.42 Å². The van der Waals surface area contributed by atoms with Gasteiger partial charge in [0, 0.05) is 23.3 Å². The van der Waals surface area contributed by atoms with Crippen molar-refractivity contribution in [2.45, 2.75) is 0 Å². The third-order valence-electron chi connectivity index (χ3n) is 3.65. The van der Waals surface area contributed by atoms with Gasteiger partial charge in [-0.25, -0.2) is 0 Å². The second-order valence-electron chi connectivity index (χ2n) is 5.27. The Morgan fingerprint density at radius 3 is 2.58 bits per heavy atom. The number of furan rings is 1. The Balaban J connectivity index is 1.53. The van der Waals surface area contributed by atoms with Crippen LogP contribution in [0.1, 0.15) is 10.6 Å². The van der Waals surface area contributed by atoms with Gasteiger partial charge in [-0.05, 0) is 36.4 Å². The molecule has 0 aliphatic rings. The van der Waals surface area contributed by atoms with Crippen molar-refractivity contribution in [3.63, 3.8) is 0 Å². The summed E-state index contributed by atoms with van der Waals surface area (Å²) in [5.41, 5.74) is 3.09. The molecule has 0 saturated heterocycles. The van der Waals surface area contributed by atoms with Crippen LogP contribution in [0.4, 0.5) is 5.69 Å². The quantitative estimate of drug-likeness (QED) is 0.617. The van der Waals surface area contributed by atoms with Crippen molar-refractivity contribution in [1.29, 1.82) is 0 Å². The molecule has 3 heterocycles. The maximum absolute atomic E-state index is 12.3. The summed E-state index contributed by atoms with van der Waals surface area (Å²) in [6, 6.07) is 16.7. The molecule has 4 rings (SSSR count). The number of hydrogen-bond donors (Lipinski definition) is 1. The average molecular weight is 315 g/mol. The minimum absolute atomic E-state index is 0.273. The van der Waals surface area contributed by atoms with E-state index in [0.717, 1.165) is 16.6 Å².